The minimum atomic E-state index is -0.817. The zero-order valence-corrected chi connectivity index (χ0v) is 15.1. The van der Waals surface area contributed by atoms with Crippen LogP contribution in [0.2, 0.25) is 0 Å². The molecular formula is C21H24O6. The monoisotopic (exact) mass is 372 g/mol. The third kappa shape index (κ3) is 4.06. The molecule has 27 heavy (non-hydrogen) atoms. The smallest absolute Gasteiger partial charge is 0.184 e. The first kappa shape index (κ1) is 18.6. The number of aliphatic hydroxyl groups excluding tert-OH is 1. The van der Waals surface area contributed by atoms with Crippen LogP contribution in [0, 0.1) is 0 Å². The summed E-state index contributed by atoms with van der Waals surface area (Å²) in [4.78, 5) is 0. The Morgan fingerprint density at radius 2 is 1.30 bits per heavy atom. The van der Waals surface area contributed by atoms with Crippen LogP contribution < -0.4 is 0 Å². The number of hydrogen-bond donors (Lipinski definition) is 1. The molecule has 3 unspecified atom stereocenters. The van der Waals surface area contributed by atoms with Gasteiger partial charge in [-0.3, -0.25) is 0 Å². The summed E-state index contributed by atoms with van der Waals surface area (Å²) in [7, 11) is 1.60. The third-order valence-corrected chi connectivity index (χ3v) is 4.91. The van der Waals surface area contributed by atoms with Crippen LogP contribution in [-0.2, 0) is 23.7 Å². The van der Waals surface area contributed by atoms with Crippen molar-refractivity contribution in [3.63, 3.8) is 0 Å². The Morgan fingerprint density at radius 1 is 0.778 bits per heavy atom. The fourth-order valence-electron chi connectivity index (χ4n) is 3.46. The van der Waals surface area contributed by atoms with Gasteiger partial charge in [0, 0.05) is 18.2 Å². The van der Waals surface area contributed by atoms with E-state index in [0.29, 0.717) is 6.61 Å². The summed E-state index contributed by atoms with van der Waals surface area (Å²) < 4.78 is 29.3. The van der Waals surface area contributed by atoms with Gasteiger partial charge in [0.05, 0.1) is 13.2 Å². The molecule has 0 aliphatic carbocycles. The number of hydrogen-bond acceptors (Lipinski definition) is 6. The highest BCUT2D eigenvalue weighted by Gasteiger charge is 2.45. The molecule has 2 saturated heterocycles. The maximum absolute atomic E-state index is 10.5. The van der Waals surface area contributed by atoms with Gasteiger partial charge in [-0.05, 0) is 0 Å². The largest absolute Gasteiger partial charge is 0.388 e. The number of methoxy groups -OCH3 is 1. The quantitative estimate of drug-likeness (QED) is 0.890. The molecule has 2 heterocycles. The normalized spacial score (nSPS) is 34.3. The maximum atomic E-state index is 10.5. The molecule has 144 valence electrons. The molecule has 0 bridgehead atoms. The van der Waals surface area contributed by atoms with Crippen LogP contribution in [0.15, 0.2) is 60.7 Å². The second kappa shape index (κ2) is 8.48. The van der Waals surface area contributed by atoms with E-state index >= 15 is 0 Å². The van der Waals surface area contributed by atoms with E-state index in [0.717, 1.165) is 11.1 Å². The Morgan fingerprint density at radius 3 is 1.85 bits per heavy atom. The first-order valence-electron chi connectivity index (χ1n) is 9.11. The van der Waals surface area contributed by atoms with Gasteiger partial charge in [-0.2, -0.15) is 0 Å². The molecule has 2 aromatic carbocycles. The highest BCUT2D eigenvalue weighted by atomic mass is 16.7. The Bertz CT molecular complexity index is 709. The second-order valence-electron chi connectivity index (χ2n) is 6.69. The van der Waals surface area contributed by atoms with Gasteiger partial charge in [0.15, 0.2) is 12.6 Å². The van der Waals surface area contributed by atoms with Gasteiger partial charge in [-0.1, -0.05) is 60.7 Å². The fraction of sp³-hybridized carbons (Fsp3) is 0.429. The zero-order valence-electron chi connectivity index (χ0n) is 15.1. The van der Waals surface area contributed by atoms with E-state index in [2.05, 4.69) is 0 Å². The van der Waals surface area contributed by atoms with E-state index in [-0.39, 0.29) is 12.7 Å². The Labute approximate surface area is 158 Å². The first-order chi connectivity index (χ1) is 13.3. The van der Waals surface area contributed by atoms with E-state index in [9.17, 15) is 5.11 Å². The van der Waals surface area contributed by atoms with Gasteiger partial charge in [-0.25, -0.2) is 0 Å². The van der Waals surface area contributed by atoms with E-state index in [1.807, 2.05) is 60.7 Å². The predicted octanol–water partition coefficient (Wildman–Crippen LogP) is 2.59. The summed E-state index contributed by atoms with van der Waals surface area (Å²) in [5, 5.41) is 10.5. The van der Waals surface area contributed by atoms with E-state index in [1.165, 1.54) is 0 Å². The molecule has 0 amide bonds. The Hall–Kier alpha value is -1.80. The molecule has 2 aliphatic heterocycles. The van der Waals surface area contributed by atoms with Crippen molar-refractivity contribution in [1.29, 1.82) is 0 Å². The lowest BCUT2D eigenvalue weighted by Gasteiger charge is -2.44. The van der Waals surface area contributed by atoms with Gasteiger partial charge in [-0.15, -0.1) is 0 Å². The summed E-state index contributed by atoms with van der Waals surface area (Å²) in [6, 6.07) is 19.4. The van der Waals surface area contributed by atoms with Gasteiger partial charge in [0.2, 0.25) is 0 Å². The molecule has 6 heteroatoms. The van der Waals surface area contributed by atoms with E-state index in [4.69, 9.17) is 23.7 Å². The molecule has 2 fully saturated rings. The number of aliphatic hydroxyl groups is 1. The summed E-state index contributed by atoms with van der Waals surface area (Å²) in [6.07, 6.45) is -3.33. The summed E-state index contributed by atoms with van der Waals surface area (Å²) in [6.45, 7) is 0.515. The lowest BCUT2D eigenvalue weighted by molar-refractivity contribution is -0.333. The Balaban J connectivity index is 1.54. The molecular weight excluding hydrogens is 348 g/mol. The van der Waals surface area contributed by atoms with Crippen LogP contribution in [0.1, 0.15) is 23.7 Å². The molecule has 4 rings (SSSR count). The number of benzene rings is 2. The molecule has 0 aromatic heterocycles. The fourth-order valence-corrected chi connectivity index (χ4v) is 3.46. The van der Waals surface area contributed by atoms with Crippen LogP contribution in [-0.4, -0.2) is 49.8 Å². The van der Waals surface area contributed by atoms with Gasteiger partial charge in [0.1, 0.15) is 24.4 Å². The molecule has 6 atom stereocenters. The highest BCUT2D eigenvalue weighted by molar-refractivity contribution is 5.18. The highest BCUT2D eigenvalue weighted by Crippen LogP contribution is 2.35. The molecule has 0 saturated carbocycles. The minimum Gasteiger partial charge on any atom is -0.388 e. The molecule has 2 aliphatic rings. The van der Waals surface area contributed by atoms with Crippen LogP contribution in [0.5, 0.6) is 0 Å². The van der Waals surface area contributed by atoms with Crippen LogP contribution in [0.3, 0.4) is 0 Å². The Kier molecular flexibility index (Phi) is 5.83. The van der Waals surface area contributed by atoms with Crippen molar-refractivity contribution in [1.82, 2.24) is 0 Å². The minimum absolute atomic E-state index is 0.164. The van der Waals surface area contributed by atoms with Crippen molar-refractivity contribution in [2.45, 2.75) is 37.0 Å². The van der Waals surface area contributed by atoms with Gasteiger partial charge < -0.3 is 28.8 Å². The lowest BCUT2D eigenvalue weighted by atomic mass is 10.0. The van der Waals surface area contributed by atoms with Crippen molar-refractivity contribution < 1.29 is 28.8 Å². The van der Waals surface area contributed by atoms with Crippen molar-refractivity contribution >= 4 is 0 Å². The number of rotatable bonds is 4. The maximum Gasteiger partial charge on any atom is 0.184 e. The van der Waals surface area contributed by atoms with E-state index in [1.54, 1.807) is 7.11 Å². The van der Waals surface area contributed by atoms with E-state index < -0.39 is 30.9 Å². The molecule has 0 spiro atoms. The van der Waals surface area contributed by atoms with Crippen molar-refractivity contribution in [2.75, 3.05) is 20.3 Å². The van der Waals surface area contributed by atoms with Gasteiger partial charge in [0.25, 0.3) is 0 Å². The van der Waals surface area contributed by atoms with Crippen LogP contribution in [0.25, 0.3) is 0 Å². The predicted molar refractivity (Wildman–Crippen MR) is 96.8 cm³/mol. The average Bonchev–Trinajstić information content (AvgIpc) is 2.75. The summed E-state index contributed by atoms with van der Waals surface area (Å²) in [5.74, 6) is 0. The van der Waals surface area contributed by atoms with Crippen LogP contribution >= 0.6 is 0 Å². The van der Waals surface area contributed by atoms with Crippen LogP contribution in [0.4, 0.5) is 0 Å². The molecule has 1 N–H and O–H groups in total. The molecule has 6 nitrogen and oxygen atoms in total. The molecule has 2 aromatic rings. The second-order valence-corrected chi connectivity index (χ2v) is 6.69. The SMILES string of the molecule is COC1COC(c2ccccc2)O[C@H]1[C@@H]1OC(c2ccccc2)OC[C@H]1O. The lowest BCUT2D eigenvalue weighted by Crippen LogP contribution is -2.56. The third-order valence-electron chi connectivity index (χ3n) is 4.91. The standard InChI is InChI=1S/C21H24O6/c1-23-17-13-25-21(15-10-6-3-7-11-15)27-19(17)18-16(22)12-24-20(26-18)14-8-4-2-5-9-14/h2-11,16-22H,12-13H2,1H3/t16-,17?,18-,19-,20?,21?/m1/s1. The van der Waals surface area contributed by atoms with Gasteiger partial charge >= 0.3 is 0 Å². The van der Waals surface area contributed by atoms with Crippen molar-refractivity contribution in [3.05, 3.63) is 71.8 Å². The first-order valence-corrected chi connectivity index (χ1v) is 9.11. The van der Waals surface area contributed by atoms with Crippen molar-refractivity contribution in [2.24, 2.45) is 0 Å². The topological polar surface area (TPSA) is 66.4 Å². The number of ether oxygens (including phenoxy) is 5. The molecule has 0 radical (unpaired) electrons. The average molecular weight is 372 g/mol. The zero-order chi connectivity index (χ0) is 18.6. The summed E-state index contributed by atoms with van der Waals surface area (Å²) in [5.41, 5.74) is 1.81. The van der Waals surface area contributed by atoms with Crippen molar-refractivity contribution in [3.8, 4) is 0 Å². The summed E-state index contributed by atoms with van der Waals surface area (Å²) >= 11 is 0.